The van der Waals surface area contributed by atoms with Gasteiger partial charge in [-0.15, -0.1) is 0 Å². The number of benzene rings is 1. The molecule has 18 heavy (non-hydrogen) atoms. The minimum absolute atomic E-state index is 0. The van der Waals surface area contributed by atoms with Crippen LogP contribution in [0.1, 0.15) is 12.5 Å². The number of hydrogen-bond acceptors (Lipinski definition) is 4. The predicted molar refractivity (Wildman–Crippen MR) is 61.1 cm³/mol. The third-order valence-corrected chi connectivity index (χ3v) is 2.12. The van der Waals surface area contributed by atoms with Gasteiger partial charge in [0.1, 0.15) is 0 Å². The average molecular weight is 261 g/mol. The van der Waals surface area contributed by atoms with E-state index in [-0.39, 0.29) is 31.0 Å². The van der Waals surface area contributed by atoms with Crippen molar-refractivity contribution in [2.75, 3.05) is 6.61 Å². The fraction of sp³-hybridized carbons (Fsp3) is 0.167. The second kappa shape index (κ2) is 7.99. The first-order chi connectivity index (χ1) is 8.04. The number of carbonyl (C=O) groups excluding carboxylic acids is 2. The van der Waals surface area contributed by atoms with Gasteiger partial charge in [0, 0.05) is 5.02 Å². The van der Waals surface area contributed by atoms with Crippen molar-refractivity contribution >= 4 is 29.1 Å². The molecule has 0 aliphatic rings. The number of halogens is 1. The molecule has 1 rings (SSSR count). The Morgan fingerprint density at radius 2 is 1.89 bits per heavy atom. The zero-order chi connectivity index (χ0) is 12.8. The molecule has 0 radical (unpaired) electrons. The Balaban J connectivity index is 0.00000289. The molecule has 0 aliphatic heterocycles. The van der Waals surface area contributed by atoms with Crippen LogP contribution in [0.25, 0.3) is 5.76 Å². The zero-order valence-corrected chi connectivity index (χ0v) is 10.9. The molecule has 6 heteroatoms. The second-order valence-corrected chi connectivity index (χ2v) is 3.54. The van der Waals surface area contributed by atoms with Crippen molar-refractivity contribution < 1.29 is 38.3 Å². The molecule has 0 saturated heterocycles. The van der Waals surface area contributed by atoms with Crippen LogP contribution < -0.4 is 24.0 Å². The molecule has 0 atom stereocenters. The summed E-state index contributed by atoms with van der Waals surface area (Å²) in [5.41, 5.74) is 0.284. The molecule has 1 aromatic rings. The summed E-state index contributed by atoms with van der Waals surface area (Å²) in [7, 11) is 0. The Hall–Kier alpha value is -1.21. The molecule has 90 valence electrons. The molecule has 0 fully saturated rings. The first-order valence-electron chi connectivity index (χ1n) is 4.90. The Morgan fingerprint density at radius 3 is 2.39 bits per heavy atom. The van der Waals surface area contributed by atoms with Crippen LogP contribution in [0.5, 0.6) is 0 Å². The number of ketones is 1. The molecule has 0 aromatic heterocycles. The SMILES string of the molecule is CCOC(=O)C(=O)C=C([O-])c1ccc(Cl)cc1.[Li+]. The van der Waals surface area contributed by atoms with Gasteiger partial charge in [-0.3, -0.25) is 4.79 Å². The van der Waals surface area contributed by atoms with Crippen molar-refractivity contribution in [1.82, 2.24) is 0 Å². The van der Waals surface area contributed by atoms with Gasteiger partial charge < -0.3 is 9.84 Å². The summed E-state index contributed by atoms with van der Waals surface area (Å²) in [5.74, 6) is -2.55. The fourth-order valence-electron chi connectivity index (χ4n) is 1.08. The molecular formula is C12H10ClLiO4. The van der Waals surface area contributed by atoms with E-state index in [1.54, 1.807) is 6.92 Å². The van der Waals surface area contributed by atoms with Gasteiger partial charge in [0.2, 0.25) is 0 Å². The fourth-order valence-corrected chi connectivity index (χ4v) is 1.20. The number of esters is 1. The van der Waals surface area contributed by atoms with Crippen molar-refractivity contribution in [2.45, 2.75) is 6.92 Å². The van der Waals surface area contributed by atoms with Crippen molar-refractivity contribution in [1.29, 1.82) is 0 Å². The number of ether oxygens (including phenoxy) is 1. The molecule has 0 saturated carbocycles. The molecule has 0 unspecified atom stereocenters. The largest absolute Gasteiger partial charge is 1.00 e. The molecule has 0 heterocycles. The molecule has 0 bridgehead atoms. The van der Waals surface area contributed by atoms with E-state index in [4.69, 9.17) is 11.6 Å². The third-order valence-electron chi connectivity index (χ3n) is 1.87. The number of carbonyl (C=O) groups is 2. The molecule has 1 aromatic carbocycles. The van der Waals surface area contributed by atoms with E-state index in [9.17, 15) is 14.7 Å². The van der Waals surface area contributed by atoms with Crippen LogP contribution in [0.4, 0.5) is 0 Å². The Kier molecular flexibility index (Phi) is 7.45. The summed E-state index contributed by atoms with van der Waals surface area (Å²) in [4.78, 5) is 22.2. The van der Waals surface area contributed by atoms with Crippen molar-refractivity contribution in [2.24, 2.45) is 0 Å². The van der Waals surface area contributed by atoms with Crippen molar-refractivity contribution in [3.63, 3.8) is 0 Å². The van der Waals surface area contributed by atoms with Crippen LogP contribution in [0.15, 0.2) is 30.3 Å². The zero-order valence-electron chi connectivity index (χ0n) is 10.1. The molecule has 0 spiro atoms. The van der Waals surface area contributed by atoms with Gasteiger partial charge in [0.25, 0.3) is 5.78 Å². The minimum Gasteiger partial charge on any atom is -0.872 e. The van der Waals surface area contributed by atoms with Gasteiger partial charge >= 0.3 is 24.8 Å². The first kappa shape index (κ1) is 16.8. The van der Waals surface area contributed by atoms with Crippen LogP contribution in [-0.2, 0) is 14.3 Å². The summed E-state index contributed by atoms with van der Waals surface area (Å²) in [6, 6.07) is 5.99. The summed E-state index contributed by atoms with van der Waals surface area (Å²) in [6.45, 7) is 1.67. The smallest absolute Gasteiger partial charge is 0.872 e. The van der Waals surface area contributed by atoms with Crippen LogP contribution in [-0.4, -0.2) is 18.4 Å². The average Bonchev–Trinajstić information content (AvgIpc) is 2.30. The molecule has 0 amide bonds. The second-order valence-electron chi connectivity index (χ2n) is 3.10. The van der Waals surface area contributed by atoms with E-state index in [1.807, 2.05) is 0 Å². The maximum atomic E-state index is 11.5. The third kappa shape index (κ3) is 4.97. The van der Waals surface area contributed by atoms with E-state index >= 15 is 0 Å². The molecule has 4 nitrogen and oxygen atoms in total. The normalized spacial score (nSPS) is 10.4. The monoisotopic (exact) mass is 260 g/mol. The standard InChI is InChI=1S/C12H11ClO4.Li/c1-2-17-12(16)11(15)7-10(14)8-3-5-9(13)6-4-8;/h3-7,14H,2H2,1H3;/q;+1/p-1. The molecular weight excluding hydrogens is 251 g/mol. The van der Waals surface area contributed by atoms with E-state index in [1.165, 1.54) is 24.3 Å². The van der Waals surface area contributed by atoms with E-state index in [0.29, 0.717) is 11.1 Å². The van der Waals surface area contributed by atoms with E-state index in [0.717, 1.165) is 0 Å². The van der Waals surface area contributed by atoms with Gasteiger partial charge in [-0.2, -0.15) is 0 Å². The summed E-state index contributed by atoms with van der Waals surface area (Å²) >= 11 is 5.65. The Morgan fingerprint density at radius 1 is 1.33 bits per heavy atom. The van der Waals surface area contributed by atoms with E-state index < -0.39 is 17.5 Å². The van der Waals surface area contributed by atoms with Gasteiger partial charge in [0.05, 0.1) is 6.61 Å². The first-order valence-corrected chi connectivity index (χ1v) is 5.28. The van der Waals surface area contributed by atoms with Gasteiger partial charge in [-0.25, -0.2) is 4.79 Å². The van der Waals surface area contributed by atoms with Gasteiger partial charge in [0.15, 0.2) is 0 Å². The van der Waals surface area contributed by atoms with Gasteiger partial charge in [-0.05, 0) is 30.7 Å². The topological polar surface area (TPSA) is 66.4 Å². The van der Waals surface area contributed by atoms with Crippen molar-refractivity contribution in [3.8, 4) is 0 Å². The minimum atomic E-state index is -1.03. The maximum Gasteiger partial charge on any atom is 1.00 e. The quantitative estimate of drug-likeness (QED) is 0.210. The van der Waals surface area contributed by atoms with Crippen LogP contribution in [0, 0.1) is 0 Å². The summed E-state index contributed by atoms with van der Waals surface area (Å²) < 4.78 is 4.47. The number of rotatable bonds is 4. The molecule has 0 N–H and O–H groups in total. The van der Waals surface area contributed by atoms with Crippen LogP contribution >= 0.6 is 11.6 Å². The van der Waals surface area contributed by atoms with E-state index in [2.05, 4.69) is 4.74 Å². The predicted octanol–water partition coefficient (Wildman–Crippen LogP) is -1.82. The van der Waals surface area contributed by atoms with Gasteiger partial charge in [-0.1, -0.05) is 29.5 Å². The molecule has 0 aliphatic carbocycles. The Labute approximate surface area is 122 Å². The van der Waals surface area contributed by atoms with Crippen molar-refractivity contribution in [3.05, 3.63) is 40.9 Å². The Bertz CT molecular complexity index is 454. The number of hydrogen-bond donors (Lipinski definition) is 0. The maximum absolute atomic E-state index is 11.5. The summed E-state index contributed by atoms with van der Waals surface area (Å²) in [5, 5.41) is 12.0. The van der Waals surface area contributed by atoms with Crippen LogP contribution in [0.2, 0.25) is 5.02 Å². The summed E-state index contributed by atoms with van der Waals surface area (Å²) in [6.07, 6.45) is 0.710. The van der Waals surface area contributed by atoms with Crippen LogP contribution in [0.3, 0.4) is 0 Å².